The lowest BCUT2D eigenvalue weighted by Gasteiger charge is -2.55. The molecule has 0 unspecified atom stereocenters. The van der Waals surface area contributed by atoms with Crippen LogP contribution in [-0.2, 0) is 0 Å². The van der Waals surface area contributed by atoms with Gasteiger partial charge in [0, 0.05) is 15.2 Å². The average Bonchev–Trinajstić information content (AvgIpc) is 2.65. The van der Waals surface area contributed by atoms with E-state index in [1.165, 1.54) is 0 Å². The summed E-state index contributed by atoms with van der Waals surface area (Å²) < 4.78 is 0. The Balaban J connectivity index is 3.40. The first-order chi connectivity index (χ1) is 15.0. The van der Waals surface area contributed by atoms with Crippen molar-refractivity contribution in [3.05, 3.63) is 58.7 Å². The van der Waals surface area contributed by atoms with E-state index in [-0.39, 0.29) is 0 Å². The number of benzene rings is 2. The standard InChI is InChI=1S/C30H52Si3/c1-21(2)25-17-15-18-26(22(3)4)29(25)33(31(9,10)11,32(12,13)14)30-27(23(5)6)19-16-20-28(30)24(7)8/h15-24H,1-14H3. The maximum absolute atomic E-state index is 2.72. The average molecular weight is 497 g/mol. The second kappa shape index (κ2) is 9.99. The zero-order valence-corrected chi connectivity index (χ0v) is 27.3. The summed E-state index contributed by atoms with van der Waals surface area (Å²) in [5.74, 6) is 2.19. The molecule has 0 aliphatic heterocycles. The molecule has 0 aliphatic carbocycles. The summed E-state index contributed by atoms with van der Waals surface area (Å²) in [4.78, 5) is 0. The fourth-order valence-electron chi connectivity index (χ4n) is 6.72. The third-order valence-electron chi connectivity index (χ3n) is 7.75. The molecule has 0 N–H and O–H groups in total. The molecule has 0 saturated carbocycles. The summed E-state index contributed by atoms with van der Waals surface area (Å²) in [5, 5.41) is 3.70. The molecule has 3 heteroatoms. The molecule has 0 spiro atoms. The molecule has 33 heavy (non-hydrogen) atoms. The molecular weight excluding hydrogens is 445 g/mol. The van der Waals surface area contributed by atoms with E-state index in [1.807, 2.05) is 10.4 Å². The Labute approximate surface area is 209 Å². The minimum absolute atomic E-state index is 0.548. The van der Waals surface area contributed by atoms with Crippen molar-refractivity contribution >= 4 is 32.7 Å². The topological polar surface area (TPSA) is 0 Å². The largest absolute Gasteiger partial charge is 0.105 e. The first-order valence-electron chi connectivity index (χ1n) is 13.3. The second-order valence-corrected chi connectivity index (χ2v) is 40.0. The van der Waals surface area contributed by atoms with Gasteiger partial charge in [-0.05, 0) is 45.9 Å². The summed E-state index contributed by atoms with van der Waals surface area (Å²) in [5.41, 5.74) is 6.58. The molecule has 0 nitrogen and oxygen atoms in total. The van der Waals surface area contributed by atoms with Crippen LogP contribution in [0, 0.1) is 0 Å². The number of hydrogen-bond donors (Lipinski definition) is 0. The van der Waals surface area contributed by atoms with Crippen molar-refractivity contribution in [3.8, 4) is 0 Å². The lowest BCUT2D eigenvalue weighted by molar-refractivity contribution is 0.840. The number of hydrogen-bond acceptors (Lipinski definition) is 0. The van der Waals surface area contributed by atoms with E-state index < -0.39 is 22.3 Å². The molecule has 0 fully saturated rings. The highest BCUT2D eigenvalue weighted by atomic mass is 29.6. The Kier molecular flexibility index (Phi) is 8.57. The van der Waals surface area contributed by atoms with Crippen LogP contribution in [0.25, 0.3) is 0 Å². The molecule has 184 valence electrons. The summed E-state index contributed by atoms with van der Waals surface area (Å²) in [6.45, 7) is 35.7. The summed E-state index contributed by atoms with van der Waals surface area (Å²) >= 11 is 0. The van der Waals surface area contributed by atoms with Gasteiger partial charge in [-0.3, -0.25) is 0 Å². The Hall–Kier alpha value is -0.909. The van der Waals surface area contributed by atoms with E-state index in [9.17, 15) is 0 Å². The van der Waals surface area contributed by atoms with Crippen molar-refractivity contribution in [2.45, 2.75) is 118 Å². The maximum atomic E-state index is 2.72. The van der Waals surface area contributed by atoms with Crippen LogP contribution in [0.5, 0.6) is 0 Å². The van der Waals surface area contributed by atoms with Crippen molar-refractivity contribution < 1.29 is 0 Å². The van der Waals surface area contributed by atoms with E-state index in [0.717, 1.165) is 0 Å². The Bertz CT molecular complexity index is 821. The molecule has 0 amide bonds. The fraction of sp³-hybridized carbons (Fsp3) is 0.600. The molecule has 0 radical (unpaired) electrons. The van der Waals surface area contributed by atoms with Gasteiger partial charge < -0.3 is 0 Å². The van der Waals surface area contributed by atoms with Gasteiger partial charge >= 0.3 is 0 Å². The SMILES string of the molecule is CC(C)c1cccc(C(C)C)c1[Si](c1c(C(C)C)cccc1C(C)C)([Si](C)(C)C)[Si](C)(C)C. The van der Waals surface area contributed by atoms with Gasteiger partial charge in [0.1, 0.15) is 7.11 Å². The summed E-state index contributed by atoms with van der Waals surface area (Å²) in [7, 11) is -5.43. The monoisotopic (exact) mass is 496 g/mol. The van der Waals surface area contributed by atoms with Gasteiger partial charge in [0.15, 0.2) is 0 Å². The number of rotatable bonds is 8. The molecular formula is C30H52Si3. The van der Waals surface area contributed by atoms with Crippen molar-refractivity contribution in [2.24, 2.45) is 0 Å². The van der Waals surface area contributed by atoms with Crippen LogP contribution in [0.1, 0.15) is 101 Å². The van der Waals surface area contributed by atoms with Crippen LogP contribution in [0.4, 0.5) is 0 Å². The third kappa shape index (κ3) is 4.93. The smallest absolute Gasteiger partial charge is 0.0711 e. The second-order valence-electron chi connectivity index (χ2n) is 13.5. The van der Waals surface area contributed by atoms with Crippen LogP contribution in [0.3, 0.4) is 0 Å². The predicted molar refractivity (Wildman–Crippen MR) is 161 cm³/mol. The Morgan fingerprint density at radius 1 is 0.424 bits per heavy atom. The highest BCUT2D eigenvalue weighted by molar-refractivity contribution is 7.76. The molecule has 2 aromatic carbocycles. The first-order valence-corrected chi connectivity index (χ1v) is 24.3. The van der Waals surface area contributed by atoms with Gasteiger partial charge in [-0.25, -0.2) is 0 Å². The highest BCUT2D eigenvalue weighted by Gasteiger charge is 2.60. The fourth-order valence-corrected chi connectivity index (χ4v) is 54.9. The van der Waals surface area contributed by atoms with Gasteiger partial charge in [0.2, 0.25) is 0 Å². The normalized spacial score (nSPS) is 13.6. The van der Waals surface area contributed by atoms with E-state index >= 15 is 0 Å². The van der Waals surface area contributed by atoms with Gasteiger partial charge in [-0.1, -0.05) is 141 Å². The van der Waals surface area contributed by atoms with Gasteiger partial charge in [0.05, 0.1) is 0 Å². The molecule has 0 bridgehead atoms. The highest BCUT2D eigenvalue weighted by Crippen LogP contribution is 2.38. The third-order valence-corrected chi connectivity index (χ3v) is 44.9. The molecule has 0 saturated heterocycles. The Morgan fingerprint density at radius 3 is 0.788 bits per heavy atom. The molecule has 2 aromatic rings. The van der Waals surface area contributed by atoms with E-state index in [4.69, 9.17) is 0 Å². The van der Waals surface area contributed by atoms with E-state index in [0.29, 0.717) is 23.7 Å². The van der Waals surface area contributed by atoms with Crippen LogP contribution >= 0.6 is 0 Å². The lowest BCUT2D eigenvalue weighted by Crippen LogP contribution is -2.86. The zero-order valence-electron chi connectivity index (χ0n) is 24.3. The summed E-state index contributed by atoms with van der Waals surface area (Å²) in [6, 6.07) is 14.6. The molecule has 0 aromatic heterocycles. The van der Waals surface area contributed by atoms with Crippen LogP contribution in [0.2, 0.25) is 39.3 Å². The summed E-state index contributed by atoms with van der Waals surface area (Å²) in [6.07, 6.45) is 0. The van der Waals surface area contributed by atoms with Crippen molar-refractivity contribution in [2.75, 3.05) is 0 Å². The minimum atomic E-state index is -2.10. The van der Waals surface area contributed by atoms with Crippen molar-refractivity contribution in [1.29, 1.82) is 0 Å². The van der Waals surface area contributed by atoms with Crippen LogP contribution < -0.4 is 10.4 Å². The maximum Gasteiger partial charge on any atom is 0.105 e. The molecule has 0 atom stereocenters. The molecule has 0 aliphatic rings. The minimum Gasteiger partial charge on any atom is -0.0711 e. The predicted octanol–water partition coefficient (Wildman–Crippen LogP) is 8.58. The van der Waals surface area contributed by atoms with Gasteiger partial charge in [0.25, 0.3) is 0 Å². The molecule has 0 heterocycles. The van der Waals surface area contributed by atoms with Crippen LogP contribution in [0.15, 0.2) is 36.4 Å². The molecule has 2 rings (SSSR count). The zero-order chi connectivity index (χ0) is 25.5. The quantitative estimate of drug-likeness (QED) is 0.321. The van der Waals surface area contributed by atoms with Gasteiger partial charge in [-0.2, -0.15) is 0 Å². The van der Waals surface area contributed by atoms with Crippen molar-refractivity contribution in [3.63, 3.8) is 0 Å². The Morgan fingerprint density at radius 2 is 0.636 bits per heavy atom. The first kappa shape index (κ1) is 28.3. The van der Waals surface area contributed by atoms with Gasteiger partial charge in [-0.15, -0.1) is 0 Å². The lowest BCUT2D eigenvalue weighted by atomic mass is 9.95. The van der Waals surface area contributed by atoms with E-state index in [1.54, 1.807) is 22.3 Å². The van der Waals surface area contributed by atoms with E-state index in [2.05, 4.69) is 131 Å². The van der Waals surface area contributed by atoms with Crippen LogP contribution in [-0.4, -0.2) is 22.3 Å². The van der Waals surface area contributed by atoms with Crippen molar-refractivity contribution in [1.82, 2.24) is 0 Å².